The lowest BCUT2D eigenvalue weighted by Crippen LogP contribution is -2.26. The summed E-state index contributed by atoms with van der Waals surface area (Å²) in [5.74, 6) is -0.219. The molecule has 0 spiro atoms. The van der Waals surface area contributed by atoms with Gasteiger partial charge in [-0.15, -0.1) is 0 Å². The van der Waals surface area contributed by atoms with Crippen LogP contribution < -0.4 is 10.1 Å². The average molecular weight is 318 g/mol. The first-order valence-corrected chi connectivity index (χ1v) is 7.04. The Balaban J connectivity index is 2.00. The molecule has 122 valence electrons. The number of hydrogen-bond acceptors (Lipinski definition) is 5. The van der Waals surface area contributed by atoms with Crippen LogP contribution in [0.5, 0.6) is 5.75 Å². The van der Waals surface area contributed by atoms with E-state index in [1.165, 1.54) is 19.2 Å². The second-order valence-electron chi connectivity index (χ2n) is 4.99. The largest absolute Gasteiger partial charge is 0.496 e. The van der Waals surface area contributed by atoms with Gasteiger partial charge in [-0.3, -0.25) is 4.79 Å². The Morgan fingerprint density at radius 3 is 2.65 bits per heavy atom. The zero-order valence-corrected chi connectivity index (χ0v) is 13.2. The maximum absolute atomic E-state index is 12.0. The highest BCUT2D eigenvalue weighted by atomic mass is 16.5. The van der Waals surface area contributed by atoms with Crippen LogP contribution in [0.2, 0.25) is 0 Å². The van der Waals surface area contributed by atoms with E-state index in [4.69, 9.17) is 14.3 Å². The van der Waals surface area contributed by atoms with Gasteiger partial charge >= 0.3 is 5.97 Å². The van der Waals surface area contributed by atoms with E-state index in [0.717, 1.165) is 5.56 Å². The highest BCUT2D eigenvalue weighted by Gasteiger charge is 2.15. The highest BCUT2D eigenvalue weighted by molar-refractivity contribution is 5.92. The molecule has 2 rings (SSSR count). The molecule has 0 radical (unpaired) electrons. The normalized spacial score (nSPS) is 10.4. The number of methoxy groups -OCH3 is 1. The fraction of sp³-hybridized carbons (Fsp3) is 0.312. The number of carbonyl (C=O) groups excluding carboxylic acids is 1. The zero-order valence-electron chi connectivity index (χ0n) is 13.2. The minimum absolute atomic E-state index is 0.155. The minimum Gasteiger partial charge on any atom is -0.496 e. The SMILES string of the molecule is COc1cc(C(=O)O)ccc1CCNC(=O)c1oc(C)nc1C. The van der Waals surface area contributed by atoms with Gasteiger partial charge in [-0.2, -0.15) is 0 Å². The van der Waals surface area contributed by atoms with Crippen LogP contribution in [0, 0.1) is 13.8 Å². The standard InChI is InChI=1S/C16H18N2O5/c1-9-14(23-10(2)18-9)15(19)17-7-6-11-4-5-12(16(20)21)8-13(11)22-3/h4-5,8H,6-7H2,1-3H3,(H,17,19)(H,20,21). The molecule has 0 fully saturated rings. The van der Waals surface area contributed by atoms with Crippen molar-refractivity contribution in [3.63, 3.8) is 0 Å². The van der Waals surface area contributed by atoms with Crippen molar-refractivity contribution in [1.29, 1.82) is 0 Å². The molecule has 0 atom stereocenters. The van der Waals surface area contributed by atoms with Gasteiger partial charge in [-0.05, 0) is 31.0 Å². The van der Waals surface area contributed by atoms with Crippen LogP contribution in [0.4, 0.5) is 0 Å². The van der Waals surface area contributed by atoms with E-state index in [9.17, 15) is 9.59 Å². The second kappa shape index (κ2) is 6.95. The Hall–Kier alpha value is -2.83. The highest BCUT2D eigenvalue weighted by Crippen LogP contribution is 2.20. The number of nitrogens with zero attached hydrogens (tertiary/aromatic N) is 1. The lowest BCUT2D eigenvalue weighted by molar-refractivity contribution is 0.0696. The molecule has 1 amide bonds. The number of ether oxygens (including phenoxy) is 1. The summed E-state index contributed by atoms with van der Waals surface area (Å²) in [5, 5.41) is 11.7. The van der Waals surface area contributed by atoms with Gasteiger partial charge in [0.1, 0.15) is 5.75 Å². The van der Waals surface area contributed by atoms with E-state index in [0.29, 0.717) is 30.3 Å². The lowest BCUT2D eigenvalue weighted by Gasteiger charge is -2.10. The molecule has 7 nitrogen and oxygen atoms in total. The maximum atomic E-state index is 12.0. The number of rotatable bonds is 6. The van der Waals surface area contributed by atoms with Crippen molar-refractivity contribution in [2.45, 2.75) is 20.3 Å². The molecule has 2 N–H and O–H groups in total. The third-order valence-corrected chi connectivity index (χ3v) is 3.32. The van der Waals surface area contributed by atoms with E-state index >= 15 is 0 Å². The van der Waals surface area contributed by atoms with Crippen LogP contribution in [0.3, 0.4) is 0 Å². The summed E-state index contributed by atoms with van der Waals surface area (Å²) in [6.07, 6.45) is 0.501. The number of carboxylic acid groups (broad SMARTS) is 1. The van der Waals surface area contributed by atoms with E-state index < -0.39 is 5.97 Å². The maximum Gasteiger partial charge on any atom is 0.335 e. The molecule has 7 heteroatoms. The van der Waals surface area contributed by atoms with Crippen molar-refractivity contribution < 1.29 is 23.8 Å². The summed E-state index contributed by atoms with van der Waals surface area (Å²) in [6, 6.07) is 4.65. The topological polar surface area (TPSA) is 102 Å². The first kappa shape index (κ1) is 16.5. The lowest BCUT2D eigenvalue weighted by atomic mass is 10.1. The van der Waals surface area contributed by atoms with Gasteiger partial charge in [0.2, 0.25) is 5.76 Å². The predicted molar refractivity (Wildman–Crippen MR) is 82.0 cm³/mol. The van der Waals surface area contributed by atoms with E-state index in [-0.39, 0.29) is 17.2 Å². The van der Waals surface area contributed by atoms with Crippen molar-refractivity contribution in [1.82, 2.24) is 10.3 Å². The Kier molecular flexibility index (Phi) is 5.00. The Bertz CT molecular complexity index is 736. The molecule has 1 heterocycles. The molecule has 1 aromatic heterocycles. The molecule has 0 aliphatic carbocycles. The first-order valence-electron chi connectivity index (χ1n) is 7.04. The number of aryl methyl sites for hydroxylation is 2. The first-order chi connectivity index (χ1) is 10.9. The van der Waals surface area contributed by atoms with Gasteiger partial charge in [-0.1, -0.05) is 6.07 Å². The van der Waals surface area contributed by atoms with Crippen LogP contribution in [0.15, 0.2) is 22.6 Å². The Morgan fingerprint density at radius 1 is 1.35 bits per heavy atom. The van der Waals surface area contributed by atoms with Gasteiger partial charge < -0.3 is 19.6 Å². The number of oxazole rings is 1. The van der Waals surface area contributed by atoms with E-state index in [2.05, 4.69) is 10.3 Å². The average Bonchev–Trinajstić information content (AvgIpc) is 2.85. The third-order valence-electron chi connectivity index (χ3n) is 3.32. The second-order valence-corrected chi connectivity index (χ2v) is 4.99. The van der Waals surface area contributed by atoms with Gasteiger partial charge in [0.15, 0.2) is 5.89 Å². The number of aromatic nitrogens is 1. The summed E-state index contributed by atoms with van der Waals surface area (Å²) in [7, 11) is 1.48. The van der Waals surface area contributed by atoms with Crippen molar-refractivity contribution in [2.24, 2.45) is 0 Å². The molecule has 0 bridgehead atoms. The molecule has 0 unspecified atom stereocenters. The van der Waals surface area contributed by atoms with Crippen LogP contribution >= 0.6 is 0 Å². The fourth-order valence-electron chi connectivity index (χ4n) is 2.22. The number of carboxylic acids is 1. The van der Waals surface area contributed by atoms with Crippen LogP contribution in [0.1, 0.15) is 38.1 Å². The van der Waals surface area contributed by atoms with Crippen molar-refractivity contribution >= 4 is 11.9 Å². The van der Waals surface area contributed by atoms with Crippen molar-refractivity contribution in [3.05, 3.63) is 46.7 Å². The Labute approximate surface area is 133 Å². The molecule has 23 heavy (non-hydrogen) atoms. The number of amides is 1. The quantitative estimate of drug-likeness (QED) is 0.844. The molecule has 1 aromatic carbocycles. The van der Waals surface area contributed by atoms with Crippen LogP contribution in [-0.4, -0.2) is 35.6 Å². The molecule has 0 aliphatic heterocycles. The number of benzene rings is 1. The molecule has 2 aromatic rings. The number of aromatic carboxylic acids is 1. The molecule has 0 saturated heterocycles. The molecule has 0 saturated carbocycles. The van der Waals surface area contributed by atoms with E-state index in [1.807, 2.05) is 0 Å². The summed E-state index contributed by atoms with van der Waals surface area (Å²) in [6.45, 7) is 3.75. The molecule has 0 aliphatic rings. The number of hydrogen-bond donors (Lipinski definition) is 2. The Morgan fingerprint density at radius 2 is 2.09 bits per heavy atom. The molecular weight excluding hydrogens is 300 g/mol. The summed E-state index contributed by atoms with van der Waals surface area (Å²) in [5.41, 5.74) is 1.51. The number of nitrogens with one attached hydrogen (secondary N) is 1. The fourth-order valence-corrected chi connectivity index (χ4v) is 2.22. The van der Waals surface area contributed by atoms with Gasteiger partial charge in [0, 0.05) is 13.5 Å². The van der Waals surface area contributed by atoms with Crippen molar-refractivity contribution in [2.75, 3.05) is 13.7 Å². The molecular formula is C16H18N2O5. The smallest absolute Gasteiger partial charge is 0.335 e. The minimum atomic E-state index is -1.01. The van der Waals surface area contributed by atoms with Gasteiger partial charge in [0.25, 0.3) is 5.91 Å². The van der Waals surface area contributed by atoms with E-state index in [1.54, 1.807) is 19.9 Å². The predicted octanol–water partition coefficient (Wildman–Crippen LogP) is 1.97. The van der Waals surface area contributed by atoms with Gasteiger partial charge in [-0.25, -0.2) is 9.78 Å². The third kappa shape index (κ3) is 3.88. The monoisotopic (exact) mass is 318 g/mol. The summed E-state index contributed by atoms with van der Waals surface area (Å²) >= 11 is 0. The summed E-state index contributed by atoms with van der Waals surface area (Å²) < 4.78 is 10.4. The van der Waals surface area contributed by atoms with Crippen LogP contribution in [0.25, 0.3) is 0 Å². The summed E-state index contributed by atoms with van der Waals surface area (Å²) in [4.78, 5) is 27.0. The van der Waals surface area contributed by atoms with Crippen molar-refractivity contribution in [3.8, 4) is 5.75 Å². The van der Waals surface area contributed by atoms with Gasteiger partial charge in [0.05, 0.1) is 18.4 Å². The zero-order chi connectivity index (χ0) is 17.0. The number of carbonyl (C=O) groups is 2. The van der Waals surface area contributed by atoms with Crippen LogP contribution in [-0.2, 0) is 6.42 Å².